The third-order valence-electron chi connectivity index (χ3n) is 2.28. The van der Waals surface area contributed by atoms with E-state index in [0.717, 1.165) is 6.08 Å². The first-order chi connectivity index (χ1) is 12.6. The number of carbonyl (C=O) groups is 5. The van der Waals surface area contributed by atoms with Crippen LogP contribution in [0.25, 0.3) is 0 Å². The van der Waals surface area contributed by atoms with Crippen LogP contribution in [0.5, 0.6) is 0 Å². The van der Waals surface area contributed by atoms with Crippen molar-refractivity contribution in [1.29, 1.82) is 0 Å². The fourth-order valence-electron chi connectivity index (χ4n) is 1.26. The van der Waals surface area contributed by atoms with Gasteiger partial charge in [0.15, 0.2) is 6.29 Å². The van der Waals surface area contributed by atoms with E-state index in [1.165, 1.54) is 0 Å². The molecule has 0 aliphatic rings. The number of aliphatic carboxylic acids is 3. The first-order valence-electron chi connectivity index (χ1n) is 7.00. The average molecular weight is 388 g/mol. The molecule has 0 saturated heterocycles. The molecule has 12 heteroatoms. The molecule has 4 N–H and O–H groups in total. The van der Waals surface area contributed by atoms with E-state index < -0.39 is 55.5 Å². The molecule has 0 aromatic heterocycles. The Balaban J connectivity index is 4.80. The molecule has 12 nitrogen and oxygen atoms in total. The van der Waals surface area contributed by atoms with Crippen molar-refractivity contribution in [3.05, 3.63) is 36.5 Å². The van der Waals surface area contributed by atoms with Crippen molar-refractivity contribution in [3.8, 4) is 0 Å². The van der Waals surface area contributed by atoms with Crippen LogP contribution in [0.3, 0.4) is 0 Å². The molecule has 0 heterocycles. The number of aliphatic hydroxyl groups excluding tert-OH is 1. The van der Waals surface area contributed by atoms with E-state index in [-0.39, 0.29) is 0 Å². The average Bonchev–Trinajstić information content (AvgIpc) is 2.58. The van der Waals surface area contributed by atoms with Crippen molar-refractivity contribution < 1.29 is 58.6 Å². The van der Waals surface area contributed by atoms with Gasteiger partial charge in [0.2, 0.25) is 0 Å². The molecule has 2 unspecified atom stereocenters. The van der Waals surface area contributed by atoms with Crippen LogP contribution in [0.1, 0.15) is 0 Å². The molecule has 0 radical (unpaired) electrons. The summed E-state index contributed by atoms with van der Waals surface area (Å²) in [5, 5.41) is 34.7. The topological polar surface area (TPSA) is 194 Å². The standard InChI is InChI=1S/C15H16O12/c16-10(17)1-4-13(22)25-7-9(27-15(24)6-3-12(20)21)8-26-14(23)5-2-11(18)19/h1-6,9,15,24H,7-8H2,(H,16,17)(H,18,19)(H,20,21)/b4-1-,5-2+,6-3+. The Morgan fingerprint density at radius 1 is 0.704 bits per heavy atom. The van der Waals surface area contributed by atoms with Gasteiger partial charge in [-0.05, 0) is 6.08 Å². The fraction of sp³-hybridized carbons (Fsp3) is 0.267. The molecule has 0 amide bonds. The molecule has 2 atom stereocenters. The number of carboxylic acids is 3. The zero-order valence-corrected chi connectivity index (χ0v) is 13.6. The lowest BCUT2D eigenvalue weighted by Crippen LogP contribution is -2.31. The molecule has 0 aromatic carbocycles. The first-order valence-corrected chi connectivity index (χ1v) is 7.00. The van der Waals surface area contributed by atoms with Gasteiger partial charge in [-0.15, -0.1) is 0 Å². The molecule has 27 heavy (non-hydrogen) atoms. The molecule has 148 valence electrons. The van der Waals surface area contributed by atoms with Crippen LogP contribution in [0.4, 0.5) is 0 Å². The Kier molecular flexibility index (Phi) is 11.1. The Bertz CT molecular complexity index is 605. The van der Waals surface area contributed by atoms with Crippen LogP contribution in [-0.4, -0.2) is 75.9 Å². The summed E-state index contributed by atoms with van der Waals surface area (Å²) in [6, 6.07) is 0. The van der Waals surface area contributed by atoms with E-state index in [2.05, 4.69) is 9.47 Å². The summed E-state index contributed by atoms with van der Waals surface area (Å²) < 4.78 is 14.2. The van der Waals surface area contributed by atoms with E-state index in [1.54, 1.807) is 0 Å². The van der Waals surface area contributed by atoms with Gasteiger partial charge in [-0.25, -0.2) is 24.0 Å². The molecule has 0 spiro atoms. The molecular weight excluding hydrogens is 372 g/mol. The van der Waals surface area contributed by atoms with E-state index in [0.29, 0.717) is 30.4 Å². The minimum absolute atomic E-state index is 0.513. The highest BCUT2D eigenvalue weighted by molar-refractivity contribution is 5.91. The largest absolute Gasteiger partial charge is 0.478 e. The van der Waals surface area contributed by atoms with E-state index in [1.807, 2.05) is 0 Å². The molecular formula is C15H16O12. The summed E-state index contributed by atoms with van der Waals surface area (Å²) in [7, 11) is 0. The van der Waals surface area contributed by atoms with Crippen LogP contribution in [0.2, 0.25) is 0 Å². The van der Waals surface area contributed by atoms with Crippen molar-refractivity contribution in [1.82, 2.24) is 0 Å². The maximum absolute atomic E-state index is 11.3. The minimum atomic E-state index is -1.76. The predicted molar refractivity (Wildman–Crippen MR) is 83.1 cm³/mol. The summed E-state index contributed by atoms with van der Waals surface area (Å²) >= 11 is 0. The fourth-order valence-corrected chi connectivity index (χ4v) is 1.26. The second-order valence-corrected chi connectivity index (χ2v) is 4.45. The summed E-state index contributed by atoms with van der Waals surface area (Å²) in [4.78, 5) is 53.5. The minimum Gasteiger partial charge on any atom is -0.478 e. The number of carboxylic acid groups (broad SMARTS) is 3. The van der Waals surface area contributed by atoms with Gasteiger partial charge < -0.3 is 34.6 Å². The summed E-state index contributed by atoms with van der Waals surface area (Å²) in [6.45, 7) is -1.20. The summed E-state index contributed by atoms with van der Waals surface area (Å²) in [5.41, 5.74) is 0. The van der Waals surface area contributed by atoms with E-state index in [9.17, 15) is 29.1 Å². The summed E-state index contributed by atoms with van der Waals surface area (Å²) in [5.74, 6) is -6.30. The molecule has 0 saturated carbocycles. The van der Waals surface area contributed by atoms with Crippen molar-refractivity contribution in [2.75, 3.05) is 13.2 Å². The highest BCUT2D eigenvalue weighted by Gasteiger charge is 2.17. The van der Waals surface area contributed by atoms with Gasteiger partial charge in [0, 0.05) is 30.4 Å². The van der Waals surface area contributed by atoms with Crippen LogP contribution in [0.15, 0.2) is 36.5 Å². The number of hydrogen-bond donors (Lipinski definition) is 4. The van der Waals surface area contributed by atoms with Crippen LogP contribution >= 0.6 is 0 Å². The van der Waals surface area contributed by atoms with Gasteiger partial charge in [-0.2, -0.15) is 0 Å². The van der Waals surface area contributed by atoms with Gasteiger partial charge in [0.05, 0.1) is 0 Å². The smallest absolute Gasteiger partial charge is 0.331 e. The number of carbonyl (C=O) groups excluding carboxylic acids is 2. The zero-order valence-electron chi connectivity index (χ0n) is 13.6. The van der Waals surface area contributed by atoms with Gasteiger partial charge >= 0.3 is 29.8 Å². The normalized spacial score (nSPS) is 13.5. The van der Waals surface area contributed by atoms with Gasteiger partial charge in [0.1, 0.15) is 19.3 Å². The third-order valence-corrected chi connectivity index (χ3v) is 2.28. The monoisotopic (exact) mass is 388 g/mol. The van der Waals surface area contributed by atoms with Gasteiger partial charge in [0.25, 0.3) is 0 Å². The number of ether oxygens (including phenoxy) is 3. The molecule has 0 fully saturated rings. The predicted octanol–water partition coefficient (Wildman–Crippen LogP) is -1.30. The lowest BCUT2D eigenvalue weighted by atomic mass is 10.4. The SMILES string of the molecule is O=C(O)/C=C\C(=O)OCC(COC(=O)/C=C/C(=O)O)OC(O)/C=C/C(=O)O. The Labute approximate surface area is 151 Å². The molecule has 0 aliphatic heterocycles. The second kappa shape index (κ2) is 12.8. The maximum Gasteiger partial charge on any atom is 0.331 e. The lowest BCUT2D eigenvalue weighted by molar-refractivity contribution is -0.166. The van der Waals surface area contributed by atoms with Crippen LogP contribution in [-0.2, 0) is 38.2 Å². The zero-order chi connectivity index (χ0) is 20.8. The highest BCUT2D eigenvalue weighted by Crippen LogP contribution is 2.02. The van der Waals surface area contributed by atoms with E-state index in [4.69, 9.17) is 20.1 Å². The third kappa shape index (κ3) is 14.5. The number of hydrogen-bond acceptors (Lipinski definition) is 9. The molecule has 0 bridgehead atoms. The number of rotatable bonds is 12. The highest BCUT2D eigenvalue weighted by atomic mass is 16.6. The number of esters is 2. The summed E-state index contributed by atoms with van der Waals surface area (Å²) in [6.07, 6.45) is 0.510. The lowest BCUT2D eigenvalue weighted by Gasteiger charge is -2.19. The van der Waals surface area contributed by atoms with Crippen molar-refractivity contribution in [2.24, 2.45) is 0 Å². The molecule has 0 aliphatic carbocycles. The Hall–Kier alpha value is -3.51. The quantitative estimate of drug-likeness (QED) is 0.175. The molecule has 0 rings (SSSR count). The van der Waals surface area contributed by atoms with Gasteiger partial charge in [-0.1, -0.05) is 0 Å². The van der Waals surface area contributed by atoms with Gasteiger partial charge in [-0.3, -0.25) is 0 Å². The van der Waals surface area contributed by atoms with Crippen LogP contribution in [0, 0.1) is 0 Å². The Morgan fingerprint density at radius 2 is 1.11 bits per heavy atom. The van der Waals surface area contributed by atoms with Crippen molar-refractivity contribution in [3.63, 3.8) is 0 Å². The van der Waals surface area contributed by atoms with Crippen molar-refractivity contribution >= 4 is 29.8 Å². The Morgan fingerprint density at radius 3 is 1.48 bits per heavy atom. The first kappa shape index (κ1) is 23.5. The molecule has 0 aromatic rings. The number of aliphatic hydroxyl groups is 1. The van der Waals surface area contributed by atoms with Crippen LogP contribution < -0.4 is 0 Å². The van der Waals surface area contributed by atoms with E-state index >= 15 is 0 Å². The maximum atomic E-state index is 11.3. The van der Waals surface area contributed by atoms with Crippen molar-refractivity contribution in [2.45, 2.75) is 12.4 Å². The second-order valence-electron chi connectivity index (χ2n) is 4.45.